The van der Waals surface area contributed by atoms with Gasteiger partial charge in [-0.3, -0.25) is 0 Å². The largest absolute Gasteiger partial charge is 0.492 e. The van der Waals surface area contributed by atoms with E-state index in [0.717, 1.165) is 11.5 Å². The van der Waals surface area contributed by atoms with Crippen molar-refractivity contribution in [3.8, 4) is 11.9 Å². The summed E-state index contributed by atoms with van der Waals surface area (Å²) in [7, 11) is 0. The summed E-state index contributed by atoms with van der Waals surface area (Å²) >= 11 is 0.972. The molecule has 1 aromatic carbocycles. The van der Waals surface area contributed by atoms with E-state index < -0.39 is 0 Å². The molecule has 1 aromatic heterocycles. The minimum Gasteiger partial charge on any atom is -0.492 e. The van der Waals surface area contributed by atoms with E-state index in [9.17, 15) is 9.50 Å². The SMILES string of the molecule is N#Cc1c(O)nsc1Nc1ccc(F)cc1. The van der Waals surface area contributed by atoms with Crippen LogP contribution in [0.2, 0.25) is 0 Å². The Morgan fingerprint density at radius 3 is 2.69 bits per heavy atom. The van der Waals surface area contributed by atoms with Crippen molar-refractivity contribution in [2.45, 2.75) is 0 Å². The van der Waals surface area contributed by atoms with Crippen molar-refractivity contribution >= 4 is 22.2 Å². The first kappa shape index (κ1) is 10.4. The second kappa shape index (κ2) is 4.16. The smallest absolute Gasteiger partial charge is 0.243 e. The number of rotatable bonds is 2. The summed E-state index contributed by atoms with van der Waals surface area (Å²) < 4.78 is 16.3. The molecule has 2 N–H and O–H groups in total. The summed E-state index contributed by atoms with van der Waals surface area (Å²) in [6.07, 6.45) is 0. The van der Waals surface area contributed by atoms with Gasteiger partial charge in [0.05, 0.1) is 0 Å². The van der Waals surface area contributed by atoms with E-state index in [1.165, 1.54) is 24.3 Å². The van der Waals surface area contributed by atoms with Crippen molar-refractivity contribution in [1.29, 1.82) is 5.26 Å². The van der Waals surface area contributed by atoms with Crippen LogP contribution in [0.15, 0.2) is 24.3 Å². The third-order valence-corrected chi connectivity index (χ3v) is 2.64. The molecule has 4 nitrogen and oxygen atoms in total. The average molecular weight is 235 g/mol. The summed E-state index contributed by atoms with van der Waals surface area (Å²) in [6.45, 7) is 0. The summed E-state index contributed by atoms with van der Waals surface area (Å²) in [5.74, 6) is -0.629. The molecule has 0 unspecified atom stereocenters. The first-order chi connectivity index (χ1) is 7.70. The standard InChI is InChI=1S/C10H6FN3OS/c11-6-1-3-7(4-2-6)13-10-8(5-12)9(15)14-16-10/h1-4,13H,(H,14,15). The third-order valence-electron chi connectivity index (χ3n) is 1.89. The van der Waals surface area contributed by atoms with E-state index in [2.05, 4.69) is 9.69 Å². The highest BCUT2D eigenvalue weighted by Gasteiger charge is 2.12. The molecule has 0 bridgehead atoms. The van der Waals surface area contributed by atoms with Crippen LogP contribution >= 0.6 is 11.5 Å². The molecular weight excluding hydrogens is 229 g/mol. The molecule has 0 fully saturated rings. The van der Waals surface area contributed by atoms with E-state index in [1.54, 1.807) is 0 Å². The van der Waals surface area contributed by atoms with Gasteiger partial charge in [0, 0.05) is 5.69 Å². The fraction of sp³-hybridized carbons (Fsp3) is 0. The van der Waals surface area contributed by atoms with Gasteiger partial charge in [-0.1, -0.05) is 0 Å². The number of nitrogens with one attached hydrogen (secondary N) is 1. The number of halogens is 1. The minimum absolute atomic E-state index is 0.0920. The maximum absolute atomic E-state index is 12.6. The molecule has 6 heteroatoms. The van der Waals surface area contributed by atoms with Crippen LogP contribution in [-0.2, 0) is 0 Å². The van der Waals surface area contributed by atoms with E-state index in [1.807, 2.05) is 6.07 Å². The summed E-state index contributed by atoms with van der Waals surface area (Å²) in [5, 5.41) is 21.3. The Morgan fingerprint density at radius 1 is 1.38 bits per heavy atom. The van der Waals surface area contributed by atoms with E-state index in [4.69, 9.17) is 5.26 Å². The van der Waals surface area contributed by atoms with Crippen molar-refractivity contribution in [2.75, 3.05) is 5.32 Å². The predicted molar refractivity (Wildman–Crippen MR) is 58.2 cm³/mol. The highest BCUT2D eigenvalue weighted by atomic mass is 32.1. The van der Waals surface area contributed by atoms with Gasteiger partial charge in [0.2, 0.25) is 5.88 Å². The van der Waals surface area contributed by atoms with E-state index >= 15 is 0 Å². The van der Waals surface area contributed by atoms with Crippen molar-refractivity contribution < 1.29 is 9.50 Å². The fourth-order valence-corrected chi connectivity index (χ4v) is 1.79. The highest BCUT2D eigenvalue weighted by Crippen LogP contribution is 2.31. The molecule has 0 aliphatic rings. The lowest BCUT2D eigenvalue weighted by Crippen LogP contribution is -1.89. The molecule has 0 amide bonds. The third kappa shape index (κ3) is 1.94. The second-order valence-electron chi connectivity index (χ2n) is 2.95. The van der Waals surface area contributed by atoms with Gasteiger partial charge in [0.25, 0.3) is 0 Å². The number of nitriles is 1. The Labute approximate surface area is 94.8 Å². The highest BCUT2D eigenvalue weighted by molar-refractivity contribution is 7.10. The molecule has 2 aromatic rings. The number of anilines is 2. The van der Waals surface area contributed by atoms with Crippen LogP contribution in [0.4, 0.5) is 15.1 Å². The Morgan fingerprint density at radius 2 is 2.06 bits per heavy atom. The number of hydrogen-bond acceptors (Lipinski definition) is 5. The molecule has 0 saturated heterocycles. The van der Waals surface area contributed by atoms with Crippen molar-refractivity contribution in [1.82, 2.24) is 4.37 Å². The lowest BCUT2D eigenvalue weighted by atomic mass is 10.3. The molecule has 16 heavy (non-hydrogen) atoms. The average Bonchev–Trinajstić information content (AvgIpc) is 2.63. The van der Waals surface area contributed by atoms with Gasteiger partial charge in [0.15, 0.2) is 5.56 Å². The van der Waals surface area contributed by atoms with Gasteiger partial charge in [-0.25, -0.2) is 4.39 Å². The monoisotopic (exact) mass is 235 g/mol. The number of hydrogen-bond donors (Lipinski definition) is 2. The predicted octanol–water partition coefficient (Wildman–Crippen LogP) is 2.60. The fourth-order valence-electron chi connectivity index (χ4n) is 1.13. The molecule has 0 spiro atoms. The molecule has 0 atom stereocenters. The zero-order valence-electron chi connectivity index (χ0n) is 7.94. The summed E-state index contributed by atoms with van der Waals surface area (Å²) in [6, 6.07) is 7.51. The normalized spacial score (nSPS) is 9.75. The van der Waals surface area contributed by atoms with Crippen LogP contribution < -0.4 is 5.32 Å². The Balaban J connectivity index is 2.27. The molecule has 2 rings (SSSR count). The first-order valence-electron chi connectivity index (χ1n) is 4.32. The van der Waals surface area contributed by atoms with Crippen molar-refractivity contribution in [3.05, 3.63) is 35.6 Å². The van der Waals surface area contributed by atoms with Crippen molar-refractivity contribution in [2.24, 2.45) is 0 Å². The van der Waals surface area contributed by atoms with Crippen LogP contribution in [-0.4, -0.2) is 9.48 Å². The molecule has 0 aliphatic carbocycles. The Hall–Kier alpha value is -2.13. The lowest BCUT2D eigenvalue weighted by molar-refractivity contribution is 0.458. The van der Waals surface area contributed by atoms with Crippen LogP contribution in [0, 0.1) is 17.1 Å². The topological polar surface area (TPSA) is 68.9 Å². The Bertz CT molecular complexity index is 544. The molecule has 80 valence electrons. The lowest BCUT2D eigenvalue weighted by Gasteiger charge is -2.02. The number of aromatic nitrogens is 1. The number of aromatic hydroxyl groups is 1. The Kier molecular flexibility index (Phi) is 2.70. The summed E-state index contributed by atoms with van der Waals surface area (Å²) in [4.78, 5) is 0. The van der Waals surface area contributed by atoms with Crippen LogP contribution in [0.25, 0.3) is 0 Å². The number of benzene rings is 1. The van der Waals surface area contributed by atoms with Crippen molar-refractivity contribution in [3.63, 3.8) is 0 Å². The zero-order chi connectivity index (χ0) is 11.5. The van der Waals surface area contributed by atoms with Gasteiger partial charge >= 0.3 is 0 Å². The minimum atomic E-state index is -0.335. The molecular formula is C10H6FN3OS. The molecule has 0 saturated carbocycles. The summed E-state index contributed by atoms with van der Waals surface area (Å²) in [5.41, 5.74) is 0.718. The maximum Gasteiger partial charge on any atom is 0.243 e. The van der Waals surface area contributed by atoms with E-state index in [-0.39, 0.29) is 17.3 Å². The van der Waals surface area contributed by atoms with Crippen LogP contribution in [0.5, 0.6) is 5.88 Å². The van der Waals surface area contributed by atoms with Crippen LogP contribution in [0.3, 0.4) is 0 Å². The number of nitrogens with zero attached hydrogens (tertiary/aromatic N) is 2. The maximum atomic E-state index is 12.6. The molecule has 1 heterocycles. The second-order valence-corrected chi connectivity index (χ2v) is 3.73. The van der Waals surface area contributed by atoms with E-state index in [0.29, 0.717) is 10.7 Å². The molecule has 0 radical (unpaired) electrons. The quantitative estimate of drug-likeness (QED) is 0.839. The van der Waals surface area contributed by atoms with Gasteiger partial charge in [-0.2, -0.15) is 9.64 Å². The van der Waals surface area contributed by atoms with Crippen LogP contribution in [0.1, 0.15) is 5.56 Å². The van der Waals surface area contributed by atoms with Gasteiger partial charge < -0.3 is 10.4 Å². The van der Waals surface area contributed by atoms with Gasteiger partial charge in [0.1, 0.15) is 16.9 Å². The molecule has 0 aliphatic heterocycles. The van der Waals surface area contributed by atoms with Gasteiger partial charge in [-0.15, -0.1) is 0 Å². The van der Waals surface area contributed by atoms with Gasteiger partial charge in [-0.05, 0) is 35.8 Å². The first-order valence-corrected chi connectivity index (χ1v) is 5.09. The zero-order valence-corrected chi connectivity index (χ0v) is 8.75.